The summed E-state index contributed by atoms with van der Waals surface area (Å²) >= 11 is 7.61. The summed E-state index contributed by atoms with van der Waals surface area (Å²) in [7, 11) is 1.61. The van der Waals surface area contributed by atoms with Gasteiger partial charge in [-0.15, -0.1) is 11.3 Å². The van der Waals surface area contributed by atoms with Crippen LogP contribution in [0.4, 0.5) is 0 Å². The number of nitrogens with one attached hydrogen (secondary N) is 1. The minimum absolute atomic E-state index is 0.175. The molecule has 3 aromatic rings. The van der Waals surface area contributed by atoms with Gasteiger partial charge in [0.25, 0.3) is 5.56 Å². The Labute approximate surface area is 129 Å². The molecule has 0 unspecified atom stereocenters. The largest absolute Gasteiger partial charge is 0.497 e. The van der Waals surface area contributed by atoms with Gasteiger partial charge in [-0.25, -0.2) is 4.98 Å². The third-order valence-electron chi connectivity index (χ3n) is 2.95. The van der Waals surface area contributed by atoms with Crippen molar-refractivity contribution in [3.05, 3.63) is 57.5 Å². The highest BCUT2D eigenvalue weighted by Crippen LogP contribution is 2.22. The van der Waals surface area contributed by atoms with E-state index in [0.29, 0.717) is 21.1 Å². The molecular weight excluding hydrogens is 308 g/mol. The number of fused-ring (bicyclic) bond motifs is 1. The van der Waals surface area contributed by atoms with Gasteiger partial charge in [-0.05, 0) is 35.2 Å². The molecule has 0 saturated heterocycles. The zero-order valence-electron chi connectivity index (χ0n) is 11.1. The van der Waals surface area contributed by atoms with Gasteiger partial charge in [-0.1, -0.05) is 23.7 Å². The van der Waals surface area contributed by atoms with Crippen LogP contribution in [0.15, 0.2) is 40.5 Å². The van der Waals surface area contributed by atoms with Crippen LogP contribution in [0.5, 0.6) is 5.75 Å². The van der Waals surface area contributed by atoms with Gasteiger partial charge in [-0.2, -0.15) is 0 Å². The fraction of sp³-hybridized carbons (Fsp3) is 0.0667. The van der Waals surface area contributed by atoms with Crippen LogP contribution in [0.2, 0.25) is 0 Å². The summed E-state index contributed by atoms with van der Waals surface area (Å²) in [5.41, 5.74) is 1.38. The first-order chi connectivity index (χ1) is 10.2. The van der Waals surface area contributed by atoms with Crippen molar-refractivity contribution >= 4 is 44.3 Å². The smallest absolute Gasteiger partial charge is 0.269 e. The fourth-order valence-corrected chi connectivity index (χ4v) is 2.84. The molecule has 0 aliphatic rings. The number of hydrogen-bond acceptors (Lipinski definition) is 4. The van der Waals surface area contributed by atoms with Crippen molar-refractivity contribution in [3.63, 3.8) is 0 Å². The summed E-state index contributed by atoms with van der Waals surface area (Å²) in [6, 6.07) is 9.24. The van der Waals surface area contributed by atoms with E-state index in [0.717, 1.165) is 11.3 Å². The summed E-state index contributed by atoms with van der Waals surface area (Å²) in [5, 5.41) is 2.21. The molecule has 0 aliphatic heterocycles. The number of H-pyrrole nitrogens is 1. The summed E-state index contributed by atoms with van der Waals surface area (Å²) in [4.78, 5) is 19.0. The maximum absolute atomic E-state index is 11.9. The van der Waals surface area contributed by atoms with Crippen LogP contribution in [-0.2, 0) is 0 Å². The molecule has 0 spiro atoms. The van der Waals surface area contributed by atoms with Crippen molar-refractivity contribution in [2.45, 2.75) is 0 Å². The average Bonchev–Trinajstić information content (AvgIpc) is 2.97. The van der Waals surface area contributed by atoms with Crippen LogP contribution < -0.4 is 10.3 Å². The number of methoxy groups -OCH3 is 1. The average molecular weight is 319 g/mol. The van der Waals surface area contributed by atoms with Gasteiger partial charge in [0.05, 0.1) is 17.7 Å². The highest BCUT2D eigenvalue weighted by atomic mass is 35.5. The Morgan fingerprint density at radius 1 is 1.33 bits per heavy atom. The number of halogens is 1. The van der Waals surface area contributed by atoms with Gasteiger partial charge >= 0.3 is 0 Å². The number of thiophene rings is 1. The molecule has 1 N–H and O–H groups in total. The van der Waals surface area contributed by atoms with Crippen molar-refractivity contribution in [2.24, 2.45) is 0 Å². The van der Waals surface area contributed by atoms with Crippen molar-refractivity contribution < 1.29 is 4.74 Å². The van der Waals surface area contributed by atoms with E-state index in [1.807, 2.05) is 29.6 Å². The zero-order chi connectivity index (χ0) is 14.8. The molecule has 0 fully saturated rings. The first-order valence-electron chi connectivity index (χ1n) is 6.16. The van der Waals surface area contributed by atoms with Crippen molar-refractivity contribution in [3.8, 4) is 5.75 Å². The molecule has 2 aromatic heterocycles. The first-order valence-corrected chi connectivity index (χ1v) is 7.42. The van der Waals surface area contributed by atoms with Gasteiger partial charge in [0.15, 0.2) is 5.82 Å². The summed E-state index contributed by atoms with van der Waals surface area (Å²) in [5.74, 6) is 1.14. The van der Waals surface area contributed by atoms with Gasteiger partial charge in [0.1, 0.15) is 10.4 Å². The Bertz CT molecular complexity index is 865. The van der Waals surface area contributed by atoms with E-state index in [4.69, 9.17) is 16.3 Å². The van der Waals surface area contributed by atoms with E-state index in [-0.39, 0.29) is 5.56 Å². The maximum atomic E-state index is 11.9. The van der Waals surface area contributed by atoms with Crippen LogP contribution in [0.1, 0.15) is 11.4 Å². The molecule has 0 bridgehead atoms. The molecule has 2 heterocycles. The van der Waals surface area contributed by atoms with Gasteiger partial charge in [-0.3, -0.25) is 4.79 Å². The standard InChI is InChI=1S/C15H11ClN2O2S/c1-20-10-4-2-9(3-5-10)8-11(16)14-17-12-6-7-21-13(12)15(19)18-14/h2-8H,1H3,(H,17,18,19). The van der Waals surface area contributed by atoms with E-state index >= 15 is 0 Å². The lowest BCUT2D eigenvalue weighted by Gasteiger charge is -2.01. The SMILES string of the molecule is COc1ccc(C=C(Cl)c2nc3ccsc3c(=O)[nH]2)cc1. The van der Waals surface area contributed by atoms with E-state index in [1.54, 1.807) is 19.3 Å². The van der Waals surface area contributed by atoms with Gasteiger partial charge in [0.2, 0.25) is 0 Å². The second-order valence-electron chi connectivity index (χ2n) is 4.31. The molecule has 21 heavy (non-hydrogen) atoms. The molecule has 0 atom stereocenters. The molecule has 0 amide bonds. The highest BCUT2D eigenvalue weighted by Gasteiger charge is 2.07. The summed E-state index contributed by atoms with van der Waals surface area (Å²) in [6.07, 6.45) is 1.75. The zero-order valence-corrected chi connectivity index (χ0v) is 12.7. The van der Waals surface area contributed by atoms with Crippen LogP contribution in [0.3, 0.4) is 0 Å². The fourth-order valence-electron chi connectivity index (χ4n) is 1.90. The lowest BCUT2D eigenvalue weighted by Crippen LogP contribution is -2.08. The number of ether oxygens (including phenoxy) is 1. The van der Waals surface area contributed by atoms with Crippen LogP contribution in [0, 0.1) is 0 Å². The normalized spacial score (nSPS) is 11.8. The number of benzene rings is 1. The van der Waals surface area contributed by atoms with E-state index in [2.05, 4.69) is 9.97 Å². The van der Waals surface area contributed by atoms with Crippen LogP contribution in [0.25, 0.3) is 21.3 Å². The quantitative estimate of drug-likeness (QED) is 0.800. The summed E-state index contributed by atoms with van der Waals surface area (Å²) < 4.78 is 5.71. The minimum Gasteiger partial charge on any atom is -0.497 e. The predicted octanol–water partition coefficient (Wildman–Crippen LogP) is 3.73. The third kappa shape index (κ3) is 2.84. The number of aromatic nitrogens is 2. The predicted molar refractivity (Wildman–Crippen MR) is 87.0 cm³/mol. The molecule has 6 heteroatoms. The maximum Gasteiger partial charge on any atom is 0.269 e. The molecular formula is C15H11ClN2O2S. The minimum atomic E-state index is -0.175. The van der Waals surface area contributed by atoms with E-state index < -0.39 is 0 Å². The second kappa shape index (κ2) is 5.71. The van der Waals surface area contributed by atoms with Gasteiger partial charge in [0, 0.05) is 0 Å². The number of rotatable bonds is 3. The Morgan fingerprint density at radius 2 is 2.10 bits per heavy atom. The highest BCUT2D eigenvalue weighted by molar-refractivity contribution is 7.17. The second-order valence-corrected chi connectivity index (χ2v) is 5.64. The van der Waals surface area contributed by atoms with E-state index in [9.17, 15) is 4.79 Å². The molecule has 0 radical (unpaired) electrons. The number of hydrogen-bond donors (Lipinski definition) is 1. The van der Waals surface area contributed by atoms with Crippen molar-refractivity contribution in [1.82, 2.24) is 9.97 Å². The first kappa shape index (κ1) is 13.9. The third-order valence-corrected chi connectivity index (χ3v) is 4.14. The Hall–Kier alpha value is -2.11. The topological polar surface area (TPSA) is 55.0 Å². The van der Waals surface area contributed by atoms with Crippen molar-refractivity contribution in [1.29, 1.82) is 0 Å². The van der Waals surface area contributed by atoms with Gasteiger partial charge < -0.3 is 9.72 Å². The lowest BCUT2D eigenvalue weighted by atomic mass is 10.2. The molecule has 0 aliphatic carbocycles. The van der Waals surface area contributed by atoms with Crippen molar-refractivity contribution in [2.75, 3.05) is 7.11 Å². The Kier molecular flexibility index (Phi) is 3.77. The molecule has 106 valence electrons. The Morgan fingerprint density at radius 3 is 2.81 bits per heavy atom. The monoisotopic (exact) mass is 318 g/mol. The molecule has 3 rings (SSSR count). The van der Waals surface area contributed by atoms with E-state index in [1.165, 1.54) is 11.3 Å². The Balaban J connectivity index is 2.00. The van der Waals surface area contributed by atoms with Crippen LogP contribution >= 0.6 is 22.9 Å². The summed E-state index contributed by atoms with van der Waals surface area (Å²) in [6.45, 7) is 0. The molecule has 4 nitrogen and oxygen atoms in total. The molecule has 0 saturated carbocycles. The lowest BCUT2D eigenvalue weighted by molar-refractivity contribution is 0.415. The number of aromatic amines is 1. The van der Waals surface area contributed by atoms with Crippen LogP contribution in [-0.4, -0.2) is 17.1 Å². The molecule has 1 aromatic carbocycles. The number of nitrogens with zero attached hydrogens (tertiary/aromatic N) is 1.